The molecule has 0 aromatic heterocycles. The molecule has 1 aromatic carbocycles. The van der Waals surface area contributed by atoms with E-state index in [0.717, 1.165) is 35.7 Å². The molecule has 250 valence electrons. The summed E-state index contributed by atoms with van der Waals surface area (Å²) in [6, 6.07) is 0. The van der Waals surface area contributed by atoms with E-state index >= 15 is 0 Å². The summed E-state index contributed by atoms with van der Waals surface area (Å²) in [5.41, 5.74) is 3.00. The topological polar surface area (TPSA) is 58.9 Å². The van der Waals surface area contributed by atoms with E-state index in [1.54, 1.807) is 5.57 Å². The highest BCUT2D eigenvalue weighted by molar-refractivity contribution is 5.65. The van der Waals surface area contributed by atoms with Gasteiger partial charge in [0.15, 0.2) is 11.5 Å². The van der Waals surface area contributed by atoms with Crippen molar-refractivity contribution in [3.05, 3.63) is 22.8 Å². The van der Waals surface area contributed by atoms with E-state index in [0.29, 0.717) is 17.9 Å². The second-order valence-corrected chi connectivity index (χ2v) is 14.5. The molecule has 0 saturated carbocycles. The van der Waals surface area contributed by atoms with E-state index in [-0.39, 0.29) is 23.0 Å². The zero-order valence-electron chi connectivity index (χ0n) is 30.0. The number of hydrogen-bond donors (Lipinski definition) is 2. The lowest BCUT2D eigenvalue weighted by molar-refractivity contribution is 0.313. The van der Waals surface area contributed by atoms with E-state index in [1.165, 1.54) is 104 Å². The Labute approximate surface area is 267 Å². The number of methoxy groups -OCH3 is 2. The van der Waals surface area contributed by atoms with Gasteiger partial charge in [-0.2, -0.15) is 0 Å². The molecule has 4 atom stereocenters. The molecule has 0 heterocycles. The van der Waals surface area contributed by atoms with Gasteiger partial charge in [0.2, 0.25) is 11.5 Å². The fraction of sp³-hybridized carbons (Fsp3) is 0.795. The van der Waals surface area contributed by atoms with Crippen LogP contribution in [0.1, 0.15) is 156 Å². The van der Waals surface area contributed by atoms with Crippen molar-refractivity contribution in [2.24, 2.45) is 29.6 Å². The number of phenols is 2. The molecular weight excluding hydrogens is 532 g/mol. The number of hydrogen-bond acceptors (Lipinski definition) is 4. The summed E-state index contributed by atoms with van der Waals surface area (Å²) in [6.45, 7) is 18.4. The van der Waals surface area contributed by atoms with Crippen LogP contribution < -0.4 is 9.47 Å². The van der Waals surface area contributed by atoms with Crippen molar-refractivity contribution in [2.45, 2.75) is 158 Å². The standard InChI is InChI=1S/C39H70O4/c1-28(2)16-11-17-29(3)18-12-19-30(4)20-13-21-31(5)22-14-23-32(6)24-15-25-33(7)26-27-35-34(8)36(40)38(42-9)39(43-10)37(35)41/h22,28-30,32-33,40-41H,11-21,23-27H2,1-10H3/b31-22-. The summed E-state index contributed by atoms with van der Waals surface area (Å²) < 4.78 is 10.6. The molecule has 0 saturated heterocycles. The van der Waals surface area contributed by atoms with Crippen LogP contribution >= 0.6 is 0 Å². The molecule has 0 fully saturated rings. The first-order chi connectivity index (χ1) is 20.4. The first kappa shape index (κ1) is 39.2. The van der Waals surface area contributed by atoms with Gasteiger partial charge in [-0.1, -0.05) is 117 Å². The molecule has 2 N–H and O–H groups in total. The molecule has 0 aliphatic carbocycles. The van der Waals surface area contributed by atoms with E-state index < -0.39 is 0 Å². The lowest BCUT2D eigenvalue weighted by Crippen LogP contribution is -2.03. The zero-order chi connectivity index (χ0) is 32.4. The maximum Gasteiger partial charge on any atom is 0.207 e. The largest absolute Gasteiger partial charge is 0.504 e. The van der Waals surface area contributed by atoms with Gasteiger partial charge < -0.3 is 19.7 Å². The molecule has 0 aliphatic rings. The average Bonchev–Trinajstić information content (AvgIpc) is 2.94. The van der Waals surface area contributed by atoms with Crippen LogP contribution in [0.25, 0.3) is 0 Å². The SMILES string of the molecule is COc1c(O)c(C)c(CCC(C)CCCC(C)CC/C=C(/C)CCCC(C)CCCC(C)CCCC(C)C)c(O)c1OC. The van der Waals surface area contributed by atoms with Crippen molar-refractivity contribution in [3.8, 4) is 23.0 Å². The Bertz CT molecular complexity index is 919. The minimum Gasteiger partial charge on any atom is -0.504 e. The number of ether oxygens (including phenoxy) is 2. The zero-order valence-corrected chi connectivity index (χ0v) is 30.0. The minimum atomic E-state index is 0.0516. The summed E-state index contributed by atoms with van der Waals surface area (Å²) >= 11 is 0. The second kappa shape index (κ2) is 21.8. The van der Waals surface area contributed by atoms with Crippen LogP contribution in [0.5, 0.6) is 23.0 Å². The molecule has 1 rings (SSSR count). The second-order valence-electron chi connectivity index (χ2n) is 14.5. The van der Waals surface area contributed by atoms with Crippen LogP contribution in [-0.4, -0.2) is 24.4 Å². The molecular formula is C39H70O4. The summed E-state index contributed by atoms with van der Waals surface area (Å²) in [5, 5.41) is 21.2. The molecule has 0 bridgehead atoms. The van der Waals surface area contributed by atoms with Crippen molar-refractivity contribution in [1.82, 2.24) is 0 Å². The summed E-state index contributed by atoms with van der Waals surface area (Å²) in [6.07, 6.45) is 22.7. The Morgan fingerprint density at radius 2 is 1.07 bits per heavy atom. The Kier molecular flexibility index (Phi) is 19.9. The van der Waals surface area contributed by atoms with Gasteiger partial charge in [-0.3, -0.25) is 0 Å². The molecule has 0 radical (unpaired) electrons. The molecule has 4 nitrogen and oxygen atoms in total. The van der Waals surface area contributed by atoms with Gasteiger partial charge in [0.1, 0.15) is 0 Å². The number of allylic oxidation sites excluding steroid dienone is 2. The molecule has 0 amide bonds. The first-order valence-corrected chi connectivity index (χ1v) is 17.7. The van der Waals surface area contributed by atoms with Crippen LogP contribution in [0.3, 0.4) is 0 Å². The highest BCUT2D eigenvalue weighted by Gasteiger charge is 2.23. The van der Waals surface area contributed by atoms with Gasteiger partial charge >= 0.3 is 0 Å². The fourth-order valence-electron chi connectivity index (χ4n) is 6.45. The van der Waals surface area contributed by atoms with E-state index in [9.17, 15) is 10.2 Å². The van der Waals surface area contributed by atoms with Gasteiger partial charge in [-0.25, -0.2) is 0 Å². The quantitative estimate of drug-likeness (QED) is 0.0912. The number of benzene rings is 1. The molecule has 4 heteroatoms. The van der Waals surface area contributed by atoms with Crippen molar-refractivity contribution >= 4 is 0 Å². The van der Waals surface area contributed by atoms with E-state index in [2.05, 4.69) is 54.5 Å². The van der Waals surface area contributed by atoms with E-state index in [1.807, 2.05) is 6.92 Å². The summed E-state index contributed by atoms with van der Waals surface area (Å²) in [4.78, 5) is 0. The molecule has 4 unspecified atom stereocenters. The highest BCUT2D eigenvalue weighted by atomic mass is 16.5. The lowest BCUT2D eigenvalue weighted by Gasteiger charge is -2.19. The Hall–Kier alpha value is -1.84. The van der Waals surface area contributed by atoms with Gasteiger partial charge in [0.25, 0.3) is 0 Å². The third-order valence-corrected chi connectivity index (χ3v) is 9.71. The van der Waals surface area contributed by atoms with Gasteiger partial charge in [-0.15, -0.1) is 0 Å². The van der Waals surface area contributed by atoms with Crippen molar-refractivity contribution in [1.29, 1.82) is 0 Å². The highest BCUT2D eigenvalue weighted by Crippen LogP contribution is 2.48. The van der Waals surface area contributed by atoms with Crippen molar-refractivity contribution in [3.63, 3.8) is 0 Å². The van der Waals surface area contributed by atoms with Crippen LogP contribution in [0, 0.1) is 36.5 Å². The molecule has 43 heavy (non-hydrogen) atoms. The van der Waals surface area contributed by atoms with Gasteiger partial charge in [-0.05, 0) is 82.0 Å². The minimum absolute atomic E-state index is 0.0516. The Morgan fingerprint density at radius 3 is 1.58 bits per heavy atom. The monoisotopic (exact) mass is 603 g/mol. The average molecular weight is 603 g/mol. The molecule has 0 aliphatic heterocycles. The van der Waals surface area contributed by atoms with E-state index in [4.69, 9.17) is 9.47 Å². The first-order valence-electron chi connectivity index (χ1n) is 17.7. The molecule has 1 aromatic rings. The van der Waals surface area contributed by atoms with Gasteiger partial charge in [0, 0.05) is 11.1 Å². The Morgan fingerprint density at radius 1 is 0.628 bits per heavy atom. The molecule has 0 spiro atoms. The maximum absolute atomic E-state index is 10.7. The van der Waals surface area contributed by atoms with Crippen molar-refractivity contribution < 1.29 is 19.7 Å². The summed E-state index contributed by atoms with van der Waals surface area (Å²) in [7, 11) is 2.95. The Balaban J connectivity index is 2.23. The number of phenolic OH excluding ortho intramolecular Hbond substituents is 2. The maximum atomic E-state index is 10.7. The van der Waals surface area contributed by atoms with Crippen LogP contribution in [-0.2, 0) is 6.42 Å². The number of rotatable bonds is 24. The summed E-state index contributed by atoms with van der Waals surface area (Å²) in [5.74, 6) is 4.46. The predicted molar refractivity (Wildman–Crippen MR) is 186 cm³/mol. The third-order valence-electron chi connectivity index (χ3n) is 9.71. The lowest BCUT2D eigenvalue weighted by atomic mass is 9.90. The number of aromatic hydroxyl groups is 2. The van der Waals surface area contributed by atoms with Crippen LogP contribution in [0.15, 0.2) is 11.6 Å². The van der Waals surface area contributed by atoms with Crippen molar-refractivity contribution in [2.75, 3.05) is 14.2 Å². The van der Waals surface area contributed by atoms with Crippen LogP contribution in [0.2, 0.25) is 0 Å². The normalized spacial score (nSPS) is 15.0. The van der Waals surface area contributed by atoms with Crippen LogP contribution in [0.4, 0.5) is 0 Å². The fourth-order valence-corrected chi connectivity index (χ4v) is 6.45. The predicted octanol–water partition coefficient (Wildman–Crippen LogP) is 12.0. The smallest absolute Gasteiger partial charge is 0.207 e. The van der Waals surface area contributed by atoms with Gasteiger partial charge in [0.05, 0.1) is 14.2 Å². The third kappa shape index (κ3) is 15.6.